The Morgan fingerprint density at radius 1 is 1.18 bits per heavy atom. The highest BCUT2D eigenvalue weighted by Crippen LogP contribution is 2.42. The summed E-state index contributed by atoms with van der Waals surface area (Å²) in [5.74, 6) is -0.0392. The summed E-state index contributed by atoms with van der Waals surface area (Å²) in [6.07, 6.45) is 0. The monoisotopic (exact) mass is 455 g/mol. The first kappa shape index (κ1) is 22.7. The lowest BCUT2D eigenvalue weighted by Crippen LogP contribution is -2.30. The number of hydrogen-bond acceptors (Lipinski definition) is 6. The molecule has 1 aliphatic heterocycles. The van der Waals surface area contributed by atoms with E-state index in [0.29, 0.717) is 34.0 Å². The molecule has 4 rings (SSSR count). The Kier molecular flexibility index (Phi) is 6.11. The number of nitrogens with zero attached hydrogens (tertiary/aromatic N) is 6. The van der Waals surface area contributed by atoms with Crippen LogP contribution in [0.4, 0.5) is 22.0 Å². The van der Waals surface area contributed by atoms with Crippen LogP contribution >= 0.6 is 0 Å². The van der Waals surface area contributed by atoms with Gasteiger partial charge in [-0.05, 0) is 42.3 Å². The zero-order chi connectivity index (χ0) is 24.4. The Morgan fingerprint density at radius 2 is 1.91 bits per heavy atom. The van der Waals surface area contributed by atoms with E-state index >= 15 is 0 Å². The quantitative estimate of drug-likeness (QED) is 0.594. The topological polar surface area (TPSA) is 111 Å². The molecule has 0 bridgehead atoms. The number of halogens is 1. The number of hydrogen-bond donors (Lipinski definition) is 1. The normalized spacial score (nSPS) is 15.0. The number of allylic oxidation sites excluding steroid dienone is 2. The molecule has 1 aromatic heterocycles. The van der Waals surface area contributed by atoms with E-state index in [4.69, 9.17) is 5.26 Å². The lowest BCUT2D eigenvalue weighted by atomic mass is 9.95. The molecule has 2 aromatic carbocycles. The number of nitriles is 2. The average molecular weight is 455 g/mol. The summed E-state index contributed by atoms with van der Waals surface area (Å²) in [6.45, 7) is 4.69. The molecule has 1 amide bonds. The SMILES string of the molecule is CC1=C(C#N)[C@@H](c2ccc(C#N)cc2)n2nc(NC(=O)C(C)C)nc2N1c1cccc(CF)c1. The summed E-state index contributed by atoms with van der Waals surface area (Å²) in [4.78, 5) is 18.6. The lowest BCUT2D eigenvalue weighted by Gasteiger charge is -2.34. The molecular formula is C25H22FN7O. The number of aromatic nitrogens is 3. The van der Waals surface area contributed by atoms with Crippen LogP contribution in [0, 0.1) is 28.6 Å². The van der Waals surface area contributed by atoms with Crippen LogP contribution in [-0.4, -0.2) is 20.7 Å². The summed E-state index contributed by atoms with van der Waals surface area (Å²) in [5.41, 5.74) is 3.35. The minimum absolute atomic E-state index is 0.103. The Bertz CT molecular complexity index is 1360. The van der Waals surface area contributed by atoms with E-state index in [2.05, 4.69) is 27.5 Å². The van der Waals surface area contributed by atoms with Gasteiger partial charge in [-0.15, -0.1) is 5.10 Å². The highest BCUT2D eigenvalue weighted by Gasteiger charge is 2.36. The molecule has 0 radical (unpaired) electrons. The predicted molar refractivity (Wildman–Crippen MR) is 124 cm³/mol. The van der Waals surface area contributed by atoms with E-state index in [1.165, 1.54) is 0 Å². The average Bonchev–Trinajstić information content (AvgIpc) is 3.25. The summed E-state index contributed by atoms with van der Waals surface area (Å²) in [5, 5.41) is 26.5. The molecule has 3 aromatic rings. The van der Waals surface area contributed by atoms with Crippen LogP contribution in [0.25, 0.3) is 0 Å². The molecule has 1 aliphatic rings. The van der Waals surface area contributed by atoms with Gasteiger partial charge in [-0.1, -0.05) is 38.1 Å². The molecule has 0 saturated carbocycles. The van der Waals surface area contributed by atoms with E-state index in [1.54, 1.807) is 78.9 Å². The first-order valence-corrected chi connectivity index (χ1v) is 10.7. The molecule has 9 heteroatoms. The molecule has 1 atom stereocenters. The fourth-order valence-electron chi connectivity index (χ4n) is 3.82. The van der Waals surface area contributed by atoms with Gasteiger partial charge in [0.05, 0.1) is 23.3 Å². The van der Waals surface area contributed by atoms with Gasteiger partial charge in [-0.2, -0.15) is 15.5 Å². The fourth-order valence-corrected chi connectivity index (χ4v) is 3.82. The third kappa shape index (κ3) is 4.00. The van der Waals surface area contributed by atoms with Gasteiger partial charge < -0.3 is 0 Å². The van der Waals surface area contributed by atoms with E-state index < -0.39 is 12.7 Å². The number of anilines is 3. The maximum Gasteiger partial charge on any atom is 0.250 e. The third-order valence-corrected chi connectivity index (χ3v) is 5.61. The minimum Gasteiger partial charge on any atom is -0.293 e. The van der Waals surface area contributed by atoms with Crippen LogP contribution in [0.3, 0.4) is 0 Å². The van der Waals surface area contributed by atoms with Crippen LogP contribution in [0.15, 0.2) is 59.8 Å². The van der Waals surface area contributed by atoms with Crippen molar-refractivity contribution >= 4 is 23.5 Å². The van der Waals surface area contributed by atoms with E-state index in [1.807, 2.05) is 0 Å². The Morgan fingerprint density at radius 3 is 2.53 bits per heavy atom. The zero-order valence-electron chi connectivity index (χ0n) is 19.0. The van der Waals surface area contributed by atoms with Crippen molar-refractivity contribution in [1.29, 1.82) is 10.5 Å². The maximum atomic E-state index is 13.4. The number of alkyl halides is 1. The molecule has 0 unspecified atom stereocenters. The molecule has 2 heterocycles. The van der Waals surface area contributed by atoms with Gasteiger partial charge in [0, 0.05) is 17.3 Å². The van der Waals surface area contributed by atoms with Crippen LogP contribution in [0.2, 0.25) is 0 Å². The van der Waals surface area contributed by atoms with Crippen LogP contribution in [0.1, 0.15) is 43.5 Å². The molecule has 34 heavy (non-hydrogen) atoms. The van der Waals surface area contributed by atoms with Crippen molar-refractivity contribution in [2.75, 3.05) is 10.2 Å². The molecule has 0 fully saturated rings. The predicted octanol–water partition coefficient (Wildman–Crippen LogP) is 4.75. The Labute approximate surface area is 196 Å². The lowest BCUT2D eigenvalue weighted by molar-refractivity contribution is -0.118. The molecule has 1 N–H and O–H groups in total. The molecule has 8 nitrogen and oxygen atoms in total. The Balaban J connectivity index is 1.92. The molecular weight excluding hydrogens is 433 g/mol. The van der Waals surface area contributed by atoms with E-state index in [9.17, 15) is 14.4 Å². The first-order valence-electron chi connectivity index (χ1n) is 10.7. The summed E-state index contributed by atoms with van der Waals surface area (Å²) in [7, 11) is 0. The second-order valence-corrected chi connectivity index (χ2v) is 8.21. The van der Waals surface area contributed by atoms with Crippen molar-refractivity contribution in [1.82, 2.24) is 14.8 Å². The van der Waals surface area contributed by atoms with Gasteiger partial charge in [0.2, 0.25) is 11.9 Å². The highest BCUT2D eigenvalue weighted by molar-refractivity contribution is 5.90. The van der Waals surface area contributed by atoms with E-state index in [0.717, 1.165) is 5.56 Å². The van der Waals surface area contributed by atoms with Crippen molar-refractivity contribution < 1.29 is 9.18 Å². The van der Waals surface area contributed by atoms with Gasteiger partial charge in [-0.3, -0.25) is 15.0 Å². The van der Waals surface area contributed by atoms with Crippen molar-refractivity contribution in [2.24, 2.45) is 5.92 Å². The summed E-state index contributed by atoms with van der Waals surface area (Å²) < 4.78 is 15.0. The number of amides is 1. The highest BCUT2D eigenvalue weighted by atomic mass is 19.1. The first-order chi connectivity index (χ1) is 16.4. The third-order valence-electron chi connectivity index (χ3n) is 5.61. The fraction of sp³-hybridized carbons (Fsp3) is 0.240. The van der Waals surface area contributed by atoms with Crippen molar-refractivity contribution in [2.45, 2.75) is 33.5 Å². The van der Waals surface area contributed by atoms with Gasteiger partial charge in [0.15, 0.2) is 0 Å². The standard InChI is InChI=1S/C25H22FN7O/c1-15(2)23(34)29-24-30-25-32(20-6-4-5-18(11-20)12-26)16(3)21(14-28)22(33(25)31-24)19-9-7-17(13-27)8-10-19/h4-11,15,22H,12H2,1-3H3,(H,29,31,34)/t22-/m1/s1. The second kappa shape index (κ2) is 9.16. The van der Waals surface area contributed by atoms with Gasteiger partial charge in [0.25, 0.3) is 5.95 Å². The number of benzene rings is 2. The number of rotatable bonds is 5. The second-order valence-electron chi connectivity index (χ2n) is 8.21. The summed E-state index contributed by atoms with van der Waals surface area (Å²) in [6, 6.07) is 17.5. The van der Waals surface area contributed by atoms with Crippen molar-refractivity contribution in [3.63, 3.8) is 0 Å². The van der Waals surface area contributed by atoms with Gasteiger partial charge in [0.1, 0.15) is 12.7 Å². The molecule has 0 aliphatic carbocycles. The number of carbonyl (C=O) groups is 1. The van der Waals surface area contributed by atoms with Crippen LogP contribution in [0.5, 0.6) is 0 Å². The van der Waals surface area contributed by atoms with Crippen LogP contribution < -0.4 is 10.2 Å². The van der Waals surface area contributed by atoms with E-state index in [-0.39, 0.29) is 17.8 Å². The van der Waals surface area contributed by atoms with Gasteiger partial charge >= 0.3 is 0 Å². The zero-order valence-corrected chi connectivity index (χ0v) is 19.0. The number of nitrogens with one attached hydrogen (secondary N) is 1. The molecule has 0 spiro atoms. The molecule has 0 saturated heterocycles. The molecule has 170 valence electrons. The van der Waals surface area contributed by atoms with Crippen molar-refractivity contribution in [3.8, 4) is 12.1 Å². The van der Waals surface area contributed by atoms with Gasteiger partial charge in [-0.25, -0.2) is 9.07 Å². The number of fused-ring (bicyclic) bond motifs is 1. The maximum absolute atomic E-state index is 13.4. The summed E-state index contributed by atoms with van der Waals surface area (Å²) >= 11 is 0. The Hall–Kier alpha value is -4.50. The smallest absolute Gasteiger partial charge is 0.250 e. The number of carbonyl (C=O) groups excluding carboxylic acids is 1. The minimum atomic E-state index is -0.633. The van der Waals surface area contributed by atoms with Crippen molar-refractivity contribution in [3.05, 3.63) is 76.5 Å². The largest absolute Gasteiger partial charge is 0.293 e. The van der Waals surface area contributed by atoms with Crippen LogP contribution in [-0.2, 0) is 11.5 Å².